The van der Waals surface area contributed by atoms with Gasteiger partial charge in [0.15, 0.2) is 11.6 Å². The maximum Gasteiger partial charge on any atom is 0.191 e. The number of ether oxygens (including phenoxy) is 1. The highest BCUT2D eigenvalue weighted by Gasteiger charge is 2.04. The van der Waals surface area contributed by atoms with E-state index in [-0.39, 0.29) is 24.0 Å². The largest absolute Gasteiger partial charge is 0.383 e. The van der Waals surface area contributed by atoms with Crippen molar-refractivity contribution in [2.24, 2.45) is 4.99 Å². The molecular weight excluding hydrogens is 395 g/mol. The predicted molar refractivity (Wildman–Crippen MR) is 98.0 cm³/mol. The number of methoxy groups -OCH3 is 1. The molecule has 0 radical (unpaired) electrons. The summed E-state index contributed by atoms with van der Waals surface area (Å²) in [7, 11) is 3.44. The second-order valence-corrected chi connectivity index (χ2v) is 4.57. The number of guanidine groups is 1. The number of hydrogen-bond acceptors (Lipinski definition) is 4. The SMILES string of the molecule is CN=C(NCCCc1nnc2ccccn12)NCCOC.I. The van der Waals surface area contributed by atoms with E-state index in [0.29, 0.717) is 6.61 Å². The summed E-state index contributed by atoms with van der Waals surface area (Å²) in [5.74, 6) is 1.77. The number of fused-ring (bicyclic) bond motifs is 1. The molecule has 0 atom stereocenters. The Morgan fingerprint density at radius 3 is 2.86 bits per heavy atom. The molecule has 122 valence electrons. The Morgan fingerprint density at radius 2 is 2.09 bits per heavy atom. The lowest BCUT2D eigenvalue weighted by molar-refractivity contribution is 0.203. The third-order valence-corrected chi connectivity index (χ3v) is 3.08. The standard InChI is InChI=1S/C14H22N6O.HI/c1-15-14(17-9-11-21-2)16-8-5-7-13-19-18-12-6-3-4-10-20(12)13;/h3-4,6,10H,5,7-9,11H2,1-2H3,(H2,15,16,17);1H. The third-order valence-electron chi connectivity index (χ3n) is 3.08. The second-order valence-electron chi connectivity index (χ2n) is 4.57. The van der Waals surface area contributed by atoms with E-state index in [0.717, 1.165) is 43.4 Å². The molecule has 2 aromatic heterocycles. The molecule has 0 fully saturated rings. The first-order valence-electron chi connectivity index (χ1n) is 7.07. The fourth-order valence-electron chi connectivity index (χ4n) is 2.01. The van der Waals surface area contributed by atoms with Gasteiger partial charge in [-0.2, -0.15) is 0 Å². The molecule has 0 aliphatic rings. The van der Waals surface area contributed by atoms with Gasteiger partial charge in [0.2, 0.25) is 0 Å². The van der Waals surface area contributed by atoms with Gasteiger partial charge in [-0.05, 0) is 18.6 Å². The molecule has 0 aliphatic heterocycles. The molecular formula is C14H23IN6O. The summed E-state index contributed by atoms with van der Waals surface area (Å²) in [5, 5.41) is 14.8. The van der Waals surface area contributed by atoms with Crippen LogP contribution in [0.5, 0.6) is 0 Å². The number of nitrogens with one attached hydrogen (secondary N) is 2. The molecule has 22 heavy (non-hydrogen) atoms. The van der Waals surface area contributed by atoms with Gasteiger partial charge in [-0.15, -0.1) is 34.2 Å². The van der Waals surface area contributed by atoms with Crippen LogP contribution in [0, 0.1) is 0 Å². The van der Waals surface area contributed by atoms with Gasteiger partial charge in [-0.1, -0.05) is 6.07 Å². The second kappa shape index (κ2) is 10.3. The molecule has 0 saturated carbocycles. The Labute approximate surface area is 147 Å². The number of hydrogen-bond donors (Lipinski definition) is 2. The van der Waals surface area contributed by atoms with E-state index in [1.807, 2.05) is 28.8 Å². The number of aliphatic imine (C=N–C) groups is 1. The van der Waals surface area contributed by atoms with Gasteiger partial charge in [0.05, 0.1) is 6.61 Å². The third kappa shape index (κ3) is 5.41. The van der Waals surface area contributed by atoms with E-state index in [2.05, 4.69) is 25.8 Å². The summed E-state index contributed by atoms with van der Waals surface area (Å²) in [5.41, 5.74) is 0.887. The average Bonchev–Trinajstić information content (AvgIpc) is 2.93. The van der Waals surface area contributed by atoms with Gasteiger partial charge in [0, 0.05) is 39.9 Å². The van der Waals surface area contributed by atoms with Crippen LogP contribution in [0.15, 0.2) is 29.4 Å². The zero-order valence-corrected chi connectivity index (χ0v) is 15.3. The fraction of sp³-hybridized carbons (Fsp3) is 0.500. The summed E-state index contributed by atoms with van der Waals surface area (Å²) < 4.78 is 7.01. The number of pyridine rings is 1. The van der Waals surface area contributed by atoms with E-state index in [1.54, 1.807) is 14.2 Å². The van der Waals surface area contributed by atoms with Gasteiger partial charge in [-0.25, -0.2) is 0 Å². The summed E-state index contributed by atoms with van der Waals surface area (Å²) in [6.07, 6.45) is 3.82. The molecule has 0 spiro atoms. The molecule has 2 aromatic rings. The topological polar surface area (TPSA) is 75.8 Å². The van der Waals surface area contributed by atoms with E-state index in [4.69, 9.17) is 4.74 Å². The molecule has 2 rings (SSSR count). The highest BCUT2D eigenvalue weighted by atomic mass is 127. The molecule has 0 aromatic carbocycles. The zero-order chi connectivity index (χ0) is 14.9. The minimum absolute atomic E-state index is 0. The van der Waals surface area contributed by atoms with Crippen molar-refractivity contribution in [3.05, 3.63) is 30.2 Å². The highest BCUT2D eigenvalue weighted by molar-refractivity contribution is 14.0. The smallest absolute Gasteiger partial charge is 0.191 e. The molecule has 0 saturated heterocycles. The van der Waals surface area contributed by atoms with E-state index < -0.39 is 0 Å². The van der Waals surface area contributed by atoms with Crippen LogP contribution in [0.2, 0.25) is 0 Å². The fourth-order valence-corrected chi connectivity index (χ4v) is 2.01. The maximum atomic E-state index is 4.99. The van der Waals surface area contributed by atoms with Crippen molar-refractivity contribution in [3.63, 3.8) is 0 Å². The number of rotatable bonds is 7. The number of halogens is 1. The minimum atomic E-state index is 0. The van der Waals surface area contributed by atoms with Gasteiger partial charge in [0.25, 0.3) is 0 Å². The molecule has 0 bridgehead atoms. The first kappa shape index (κ1) is 18.6. The van der Waals surface area contributed by atoms with Crippen molar-refractivity contribution in [3.8, 4) is 0 Å². The lowest BCUT2D eigenvalue weighted by Gasteiger charge is -2.11. The van der Waals surface area contributed by atoms with Gasteiger partial charge >= 0.3 is 0 Å². The van der Waals surface area contributed by atoms with Gasteiger partial charge < -0.3 is 15.4 Å². The molecule has 0 aliphatic carbocycles. The predicted octanol–water partition coefficient (Wildman–Crippen LogP) is 1.09. The van der Waals surface area contributed by atoms with Crippen molar-refractivity contribution in [1.82, 2.24) is 25.2 Å². The van der Waals surface area contributed by atoms with Gasteiger partial charge in [-0.3, -0.25) is 9.39 Å². The monoisotopic (exact) mass is 418 g/mol. The molecule has 2 heterocycles. The number of aryl methyl sites for hydroxylation is 1. The Kier molecular flexibility index (Phi) is 8.75. The van der Waals surface area contributed by atoms with Crippen LogP contribution in [0.4, 0.5) is 0 Å². The lowest BCUT2D eigenvalue weighted by atomic mass is 10.3. The van der Waals surface area contributed by atoms with Crippen LogP contribution in [-0.2, 0) is 11.2 Å². The molecule has 0 amide bonds. The van der Waals surface area contributed by atoms with E-state index >= 15 is 0 Å². The first-order chi connectivity index (χ1) is 10.3. The van der Waals surface area contributed by atoms with Crippen LogP contribution in [0.25, 0.3) is 5.65 Å². The molecule has 7 nitrogen and oxygen atoms in total. The molecule has 8 heteroatoms. The van der Waals surface area contributed by atoms with E-state index in [9.17, 15) is 0 Å². The van der Waals surface area contributed by atoms with Crippen LogP contribution in [0.3, 0.4) is 0 Å². The van der Waals surface area contributed by atoms with Crippen molar-refractivity contribution in [2.45, 2.75) is 12.8 Å². The first-order valence-corrected chi connectivity index (χ1v) is 7.07. The number of aromatic nitrogens is 3. The maximum absolute atomic E-state index is 4.99. The van der Waals surface area contributed by atoms with Gasteiger partial charge in [0.1, 0.15) is 5.82 Å². The van der Waals surface area contributed by atoms with E-state index in [1.165, 1.54) is 0 Å². The van der Waals surface area contributed by atoms with Crippen LogP contribution >= 0.6 is 24.0 Å². The van der Waals surface area contributed by atoms with Crippen molar-refractivity contribution in [2.75, 3.05) is 33.9 Å². The van der Waals surface area contributed by atoms with Crippen LogP contribution < -0.4 is 10.6 Å². The summed E-state index contributed by atoms with van der Waals surface area (Å²) in [6, 6.07) is 5.90. The molecule has 0 unspecified atom stereocenters. The normalized spacial score (nSPS) is 11.3. The summed E-state index contributed by atoms with van der Waals surface area (Å²) in [6.45, 7) is 2.23. The van der Waals surface area contributed by atoms with Crippen molar-refractivity contribution >= 4 is 35.6 Å². The Hall–Kier alpha value is -1.42. The zero-order valence-electron chi connectivity index (χ0n) is 13.0. The Balaban J connectivity index is 0.00000242. The summed E-state index contributed by atoms with van der Waals surface area (Å²) in [4.78, 5) is 4.15. The van der Waals surface area contributed by atoms with Crippen molar-refractivity contribution in [1.29, 1.82) is 0 Å². The summed E-state index contributed by atoms with van der Waals surface area (Å²) >= 11 is 0. The average molecular weight is 418 g/mol. The highest BCUT2D eigenvalue weighted by Crippen LogP contribution is 2.04. The van der Waals surface area contributed by atoms with Crippen LogP contribution in [-0.4, -0.2) is 54.4 Å². The quantitative estimate of drug-likeness (QED) is 0.305. The Morgan fingerprint density at radius 1 is 1.27 bits per heavy atom. The number of nitrogens with zero attached hydrogens (tertiary/aromatic N) is 4. The minimum Gasteiger partial charge on any atom is -0.383 e. The lowest BCUT2D eigenvalue weighted by Crippen LogP contribution is -2.39. The van der Waals surface area contributed by atoms with Crippen molar-refractivity contribution < 1.29 is 4.74 Å². The molecule has 2 N–H and O–H groups in total. The Bertz CT molecular complexity index is 585. The van der Waals surface area contributed by atoms with Crippen LogP contribution in [0.1, 0.15) is 12.2 Å².